The summed E-state index contributed by atoms with van der Waals surface area (Å²) in [7, 11) is 1.34. The van der Waals surface area contributed by atoms with Gasteiger partial charge in [0.15, 0.2) is 11.0 Å². The number of benzene rings is 2. The van der Waals surface area contributed by atoms with Crippen LogP contribution < -0.4 is 4.74 Å². The van der Waals surface area contributed by atoms with Crippen LogP contribution >= 0.6 is 11.8 Å². The van der Waals surface area contributed by atoms with Crippen LogP contribution in [0.2, 0.25) is 0 Å². The molecule has 0 spiro atoms. The molecule has 0 amide bonds. The van der Waals surface area contributed by atoms with Crippen LogP contribution in [0.15, 0.2) is 59.8 Å². The minimum absolute atomic E-state index is 0.0136. The number of hydrogen-bond donors (Lipinski definition) is 0. The largest absolute Gasteiger partial charge is 0.486 e. The molecule has 150 valence electrons. The smallest absolute Gasteiger partial charge is 0.318 e. The summed E-state index contributed by atoms with van der Waals surface area (Å²) in [4.78, 5) is 22.1. The van der Waals surface area contributed by atoms with E-state index in [0.29, 0.717) is 16.7 Å². The van der Waals surface area contributed by atoms with Gasteiger partial charge in [-0.25, -0.2) is 0 Å². The monoisotopic (exact) mass is 414 g/mol. The molecule has 1 heterocycles. The molecule has 10 heteroatoms. The van der Waals surface area contributed by atoms with Gasteiger partial charge in [-0.1, -0.05) is 30.0 Å². The van der Waals surface area contributed by atoms with E-state index in [0.717, 1.165) is 5.69 Å². The highest BCUT2D eigenvalue weighted by Gasteiger charge is 2.21. The SMILES string of the molecule is COC(=O)[C@H](C)Sc1nnc(COc2ccc([N+](=O)[O-])cc2)n1-c1ccccc1. The third-order valence-corrected chi connectivity index (χ3v) is 4.97. The van der Waals surface area contributed by atoms with Crippen LogP contribution in [0.1, 0.15) is 12.7 Å². The van der Waals surface area contributed by atoms with Crippen molar-refractivity contribution in [2.24, 2.45) is 0 Å². The molecule has 0 saturated heterocycles. The molecular weight excluding hydrogens is 396 g/mol. The normalized spacial score (nSPS) is 11.7. The zero-order chi connectivity index (χ0) is 20.8. The molecule has 9 nitrogen and oxygen atoms in total. The predicted octanol–water partition coefficient (Wildman–Crippen LogP) is 3.41. The quantitative estimate of drug-likeness (QED) is 0.239. The first-order valence-electron chi connectivity index (χ1n) is 8.61. The number of nitro benzene ring substituents is 1. The number of nitrogens with zero attached hydrogens (tertiary/aromatic N) is 4. The van der Waals surface area contributed by atoms with Crippen molar-refractivity contribution in [3.8, 4) is 11.4 Å². The van der Waals surface area contributed by atoms with Crippen LogP contribution in [0.25, 0.3) is 5.69 Å². The fourth-order valence-electron chi connectivity index (χ4n) is 2.49. The van der Waals surface area contributed by atoms with Crippen molar-refractivity contribution in [3.05, 3.63) is 70.5 Å². The lowest BCUT2D eigenvalue weighted by molar-refractivity contribution is -0.384. The second kappa shape index (κ2) is 9.20. The molecule has 0 aliphatic heterocycles. The summed E-state index contributed by atoms with van der Waals surface area (Å²) in [5, 5.41) is 19.2. The number of rotatable bonds is 8. The van der Waals surface area contributed by atoms with Gasteiger partial charge in [-0.3, -0.25) is 19.5 Å². The van der Waals surface area contributed by atoms with Crippen LogP contribution in [0.4, 0.5) is 5.69 Å². The first-order chi connectivity index (χ1) is 14.0. The molecule has 0 aliphatic carbocycles. The molecule has 1 aromatic heterocycles. The van der Waals surface area contributed by atoms with Crippen molar-refractivity contribution in [2.45, 2.75) is 23.9 Å². The van der Waals surface area contributed by atoms with E-state index in [9.17, 15) is 14.9 Å². The van der Waals surface area contributed by atoms with E-state index < -0.39 is 10.2 Å². The van der Waals surface area contributed by atoms with Crippen LogP contribution in [0.3, 0.4) is 0 Å². The highest BCUT2D eigenvalue weighted by molar-refractivity contribution is 8.00. The Kier molecular flexibility index (Phi) is 6.45. The number of ether oxygens (including phenoxy) is 2. The molecule has 0 aliphatic rings. The van der Waals surface area contributed by atoms with Crippen LogP contribution in [0, 0.1) is 10.1 Å². The molecule has 0 N–H and O–H groups in total. The topological polar surface area (TPSA) is 109 Å². The summed E-state index contributed by atoms with van der Waals surface area (Å²) in [6, 6.07) is 15.2. The van der Waals surface area contributed by atoms with Gasteiger partial charge in [-0.05, 0) is 31.2 Å². The Morgan fingerprint density at radius 2 is 1.86 bits per heavy atom. The lowest BCUT2D eigenvalue weighted by Gasteiger charge is -2.13. The average Bonchev–Trinajstić information content (AvgIpc) is 3.14. The summed E-state index contributed by atoms with van der Waals surface area (Å²) < 4.78 is 12.3. The first-order valence-corrected chi connectivity index (χ1v) is 9.49. The van der Waals surface area contributed by atoms with Gasteiger partial charge in [0, 0.05) is 17.8 Å². The molecular formula is C19H18N4O5S. The highest BCUT2D eigenvalue weighted by atomic mass is 32.2. The molecule has 0 bridgehead atoms. The number of non-ortho nitro benzene ring substituents is 1. The zero-order valence-electron chi connectivity index (χ0n) is 15.7. The fraction of sp³-hybridized carbons (Fsp3) is 0.211. The predicted molar refractivity (Wildman–Crippen MR) is 106 cm³/mol. The number of nitro groups is 1. The maximum atomic E-state index is 11.8. The Hall–Kier alpha value is -3.40. The lowest BCUT2D eigenvalue weighted by atomic mass is 10.3. The third-order valence-electron chi connectivity index (χ3n) is 3.95. The molecule has 3 aromatic rings. The highest BCUT2D eigenvalue weighted by Crippen LogP contribution is 2.27. The molecule has 0 fully saturated rings. The molecule has 2 aromatic carbocycles. The van der Waals surface area contributed by atoms with Crippen LogP contribution in [0.5, 0.6) is 5.75 Å². The van der Waals surface area contributed by atoms with E-state index in [1.54, 1.807) is 11.5 Å². The molecule has 0 unspecified atom stereocenters. The maximum absolute atomic E-state index is 11.8. The molecule has 0 saturated carbocycles. The number of methoxy groups -OCH3 is 1. The lowest BCUT2D eigenvalue weighted by Crippen LogP contribution is -2.16. The molecule has 1 atom stereocenters. The number of para-hydroxylation sites is 1. The molecule has 3 rings (SSSR count). The zero-order valence-corrected chi connectivity index (χ0v) is 16.5. The van der Waals surface area contributed by atoms with E-state index in [-0.39, 0.29) is 18.3 Å². The standard InChI is InChI=1S/C19H18N4O5S/c1-13(18(24)27-2)29-19-21-20-17(22(19)14-6-4-3-5-7-14)12-28-16-10-8-15(9-11-16)23(25)26/h3-11,13H,12H2,1-2H3/t13-/m0/s1. The van der Waals surface area contributed by atoms with Gasteiger partial charge >= 0.3 is 5.97 Å². The van der Waals surface area contributed by atoms with E-state index >= 15 is 0 Å². The van der Waals surface area contributed by atoms with Gasteiger partial charge in [0.25, 0.3) is 5.69 Å². The minimum Gasteiger partial charge on any atom is -0.486 e. The summed E-state index contributed by atoms with van der Waals surface area (Å²) in [6.07, 6.45) is 0. The Morgan fingerprint density at radius 1 is 1.17 bits per heavy atom. The van der Waals surface area contributed by atoms with Crippen molar-refractivity contribution in [1.29, 1.82) is 0 Å². The Bertz CT molecular complexity index is 992. The van der Waals surface area contributed by atoms with Gasteiger partial charge in [-0.2, -0.15) is 0 Å². The number of carbonyl (C=O) groups excluding carboxylic acids is 1. The summed E-state index contributed by atoms with van der Waals surface area (Å²) in [5.74, 6) is 0.630. The minimum atomic E-state index is -0.470. The number of carbonyl (C=O) groups is 1. The van der Waals surface area contributed by atoms with Gasteiger partial charge in [0.2, 0.25) is 0 Å². The average molecular weight is 414 g/mol. The summed E-state index contributed by atoms with van der Waals surface area (Å²) >= 11 is 1.23. The summed E-state index contributed by atoms with van der Waals surface area (Å²) in [5.41, 5.74) is 0.805. The van der Waals surface area contributed by atoms with Crippen LogP contribution in [-0.4, -0.2) is 38.0 Å². The van der Waals surface area contributed by atoms with Crippen molar-refractivity contribution >= 4 is 23.4 Å². The molecule has 0 radical (unpaired) electrons. The van der Waals surface area contributed by atoms with Gasteiger partial charge < -0.3 is 9.47 Å². The first kappa shape index (κ1) is 20.3. The van der Waals surface area contributed by atoms with E-state index in [1.165, 1.54) is 43.1 Å². The van der Waals surface area contributed by atoms with Crippen molar-refractivity contribution in [3.63, 3.8) is 0 Å². The third kappa shape index (κ3) is 4.91. The van der Waals surface area contributed by atoms with Crippen LogP contribution in [-0.2, 0) is 16.1 Å². The van der Waals surface area contributed by atoms with Crippen molar-refractivity contribution in [2.75, 3.05) is 7.11 Å². The van der Waals surface area contributed by atoms with Crippen molar-refractivity contribution < 1.29 is 19.2 Å². The van der Waals surface area contributed by atoms with Gasteiger partial charge in [0.1, 0.15) is 17.6 Å². The number of hydrogen-bond acceptors (Lipinski definition) is 8. The molecule has 29 heavy (non-hydrogen) atoms. The Labute approximate surface area is 170 Å². The summed E-state index contributed by atoms with van der Waals surface area (Å²) in [6.45, 7) is 1.82. The second-order valence-electron chi connectivity index (χ2n) is 5.89. The number of esters is 1. The Morgan fingerprint density at radius 3 is 2.48 bits per heavy atom. The van der Waals surface area contributed by atoms with E-state index in [1.807, 2.05) is 30.3 Å². The van der Waals surface area contributed by atoms with E-state index in [4.69, 9.17) is 9.47 Å². The van der Waals surface area contributed by atoms with E-state index in [2.05, 4.69) is 10.2 Å². The van der Waals surface area contributed by atoms with Gasteiger partial charge in [-0.15, -0.1) is 10.2 Å². The number of aromatic nitrogens is 3. The Balaban J connectivity index is 1.84. The fourth-order valence-corrected chi connectivity index (χ4v) is 3.40. The van der Waals surface area contributed by atoms with Gasteiger partial charge in [0.05, 0.1) is 12.0 Å². The second-order valence-corrected chi connectivity index (χ2v) is 7.20. The number of thioether (sulfide) groups is 1. The maximum Gasteiger partial charge on any atom is 0.318 e. The van der Waals surface area contributed by atoms with Crippen molar-refractivity contribution in [1.82, 2.24) is 14.8 Å².